The van der Waals surface area contributed by atoms with E-state index in [0.29, 0.717) is 31.8 Å². The number of hydrogen-bond acceptors (Lipinski definition) is 3. The quantitative estimate of drug-likeness (QED) is 0.222. The van der Waals surface area contributed by atoms with Crippen LogP contribution in [0.25, 0.3) is 10.9 Å². The van der Waals surface area contributed by atoms with Gasteiger partial charge in [-0.25, -0.2) is 9.48 Å². The third kappa shape index (κ3) is 3.99. The third-order valence-corrected chi connectivity index (χ3v) is 10.00. The van der Waals surface area contributed by atoms with Crippen LogP contribution in [0.15, 0.2) is 109 Å². The van der Waals surface area contributed by atoms with Crippen LogP contribution in [-0.4, -0.2) is 51.4 Å². The number of hydrogen-bond donors (Lipinski definition) is 1. The fraction of sp³-hybridized carbons (Fsp3) is 0.270. The second-order valence-corrected chi connectivity index (χ2v) is 12.5. The number of rotatable bonds is 6. The standard InChI is InChI=1S/C37H34N4O3/c42-34-36(20-22-39(25-36)35(43)44)21-23-40(34)30-18-19-32-31(24-30)33(26-16-17-26)38-41(32)37(27-10-4-1-5-11-27,28-12-6-2-7-13-28)29-14-8-3-9-15-29/h1-15,18-19,24,26H,16-17,20-23,25H2,(H,43,44)/t36-/m0/s1. The van der Waals surface area contributed by atoms with E-state index in [1.165, 1.54) is 4.90 Å². The first kappa shape index (κ1) is 26.7. The van der Waals surface area contributed by atoms with Gasteiger partial charge in [0.25, 0.3) is 0 Å². The van der Waals surface area contributed by atoms with Crippen molar-refractivity contribution < 1.29 is 14.7 Å². The molecule has 1 aromatic heterocycles. The van der Waals surface area contributed by atoms with Crippen LogP contribution in [0.4, 0.5) is 10.5 Å². The average Bonchev–Trinajstić information content (AvgIpc) is 3.58. The first-order valence-corrected chi connectivity index (χ1v) is 15.5. The van der Waals surface area contributed by atoms with Gasteiger partial charge in [-0.05, 0) is 60.6 Å². The van der Waals surface area contributed by atoms with Crippen LogP contribution in [0, 0.1) is 5.41 Å². The van der Waals surface area contributed by atoms with E-state index >= 15 is 0 Å². The smallest absolute Gasteiger partial charge is 0.407 e. The minimum absolute atomic E-state index is 0.0353. The molecule has 2 saturated heterocycles. The molecule has 1 saturated carbocycles. The van der Waals surface area contributed by atoms with Crippen molar-refractivity contribution in [2.24, 2.45) is 5.41 Å². The van der Waals surface area contributed by atoms with Crippen LogP contribution in [0.5, 0.6) is 0 Å². The molecule has 0 radical (unpaired) electrons. The van der Waals surface area contributed by atoms with Gasteiger partial charge in [0, 0.05) is 36.6 Å². The fourth-order valence-corrected chi connectivity index (χ4v) is 7.60. The number of anilines is 1. The Hall–Kier alpha value is -4.91. The van der Waals surface area contributed by atoms with Crippen molar-refractivity contribution in [3.05, 3.63) is 132 Å². The predicted molar refractivity (Wildman–Crippen MR) is 170 cm³/mol. The number of carboxylic acid groups (broad SMARTS) is 1. The minimum atomic E-state index is -0.949. The number of aromatic nitrogens is 2. The first-order valence-electron chi connectivity index (χ1n) is 15.5. The summed E-state index contributed by atoms with van der Waals surface area (Å²) >= 11 is 0. The molecule has 5 aromatic rings. The molecule has 1 spiro atoms. The Morgan fingerprint density at radius 2 is 1.36 bits per heavy atom. The fourth-order valence-electron chi connectivity index (χ4n) is 7.60. The van der Waals surface area contributed by atoms with Crippen molar-refractivity contribution in [2.45, 2.75) is 37.1 Å². The minimum Gasteiger partial charge on any atom is -0.465 e. The lowest BCUT2D eigenvalue weighted by Crippen LogP contribution is -2.38. The van der Waals surface area contributed by atoms with Crippen LogP contribution in [0.3, 0.4) is 0 Å². The molecule has 7 nitrogen and oxygen atoms in total. The van der Waals surface area contributed by atoms with E-state index in [9.17, 15) is 14.7 Å². The van der Waals surface area contributed by atoms with Gasteiger partial charge in [0.1, 0.15) is 5.54 Å². The van der Waals surface area contributed by atoms with Gasteiger partial charge >= 0.3 is 6.09 Å². The van der Waals surface area contributed by atoms with Gasteiger partial charge in [0.05, 0.1) is 16.6 Å². The second kappa shape index (κ2) is 10.1. The zero-order valence-corrected chi connectivity index (χ0v) is 24.5. The largest absolute Gasteiger partial charge is 0.465 e. The summed E-state index contributed by atoms with van der Waals surface area (Å²) in [6, 6.07) is 38.1. The van der Waals surface area contributed by atoms with Crippen LogP contribution >= 0.6 is 0 Å². The Kier molecular flexibility index (Phi) is 6.12. The van der Waals surface area contributed by atoms with Gasteiger partial charge in [0.2, 0.25) is 5.91 Å². The zero-order valence-electron chi connectivity index (χ0n) is 24.5. The summed E-state index contributed by atoms with van der Waals surface area (Å²) in [6.07, 6.45) is 2.50. The lowest BCUT2D eigenvalue weighted by molar-refractivity contribution is -0.124. The van der Waals surface area contributed by atoms with Crippen LogP contribution in [-0.2, 0) is 10.3 Å². The van der Waals surface area contributed by atoms with Crippen molar-refractivity contribution in [3.8, 4) is 0 Å². The average molecular weight is 583 g/mol. The zero-order chi connectivity index (χ0) is 29.9. The molecule has 3 aliphatic rings. The molecule has 0 bridgehead atoms. The molecular weight excluding hydrogens is 548 g/mol. The topological polar surface area (TPSA) is 78.7 Å². The highest BCUT2D eigenvalue weighted by Crippen LogP contribution is 2.49. The molecule has 1 N–H and O–H groups in total. The molecule has 220 valence electrons. The number of carbonyl (C=O) groups is 2. The van der Waals surface area contributed by atoms with Crippen molar-refractivity contribution in [1.29, 1.82) is 0 Å². The van der Waals surface area contributed by atoms with Gasteiger partial charge < -0.3 is 14.9 Å². The lowest BCUT2D eigenvalue weighted by atomic mass is 9.77. The molecule has 7 heteroatoms. The first-order chi connectivity index (χ1) is 21.5. The number of likely N-dealkylation sites (tertiary alicyclic amines) is 1. The Bertz CT molecular complexity index is 1770. The van der Waals surface area contributed by atoms with Crippen LogP contribution in [0.1, 0.15) is 54.0 Å². The molecule has 0 unspecified atom stereocenters. The van der Waals surface area contributed by atoms with Gasteiger partial charge in [-0.3, -0.25) is 4.79 Å². The number of carbonyl (C=O) groups excluding carboxylic acids is 1. The maximum atomic E-state index is 13.9. The van der Waals surface area contributed by atoms with Crippen molar-refractivity contribution in [3.63, 3.8) is 0 Å². The van der Waals surface area contributed by atoms with E-state index in [1.54, 1.807) is 0 Å². The maximum Gasteiger partial charge on any atom is 0.407 e. The van der Waals surface area contributed by atoms with Gasteiger partial charge in [-0.15, -0.1) is 0 Å². The monoisotopic (exact) mass is 582 g/mol. The molecule has 1 atom stereocenters. The highest BCUT2D eigenvalue weighted by Gasteiger charge is 2.52. The Morgan fingerprint density at radius 3 is 1.89 bits per heavy atom. The Labute approximate surface area is 256 Å². The summed E-state index contributed by atoms with van der Waals surface area (Å²) in [5, 5.41) is 16.1. The maximum absolute atomic E-state index is 13.9. The van der Waals surface area contributed by atoms with Gasteiger partial charge in [-0.2, -0.15) is 5.10 Å². The molecule has 8 rings (SSSR count). The van der Waals surface area contributed by atoms with Crippen molar-refractivity contribution >= 4 is 28.6 Å². The van der Waals surface area contributed by atoms with E-state index in [0.717, 1.165) is 51.8 Å². The molecular formula is C37H34N4O3. The molecule has 3 fully saturated rings. The molecule has 2 aliphatic heterocycles. The summed E-state index contributed by atoms with van der Waals surface area (Å²) in [7, 11) is 0. The molecule has 1 aliphatic carbocycles. The van der Waals surface area contributed by atoms with E-state index in [2.05, 4.69) is 89.6 Å². The van der Waals surface area contributed by atoms with Crippen molar-refractivity contribution in [1.82, 2.24) is 14.7 Å². The van der Waals surface area contributed by atoms with Gasteiger partial charge in [0.15, 0.2) is 0 Å². The molecule has 4 aromatic carbocycles. The normalized spacial score (nSPS) is 20.2. The summed E-state index contributed by atoms with van der Waals surface area (Å²) in [6.45, 7) is 1.28. The van der Waals surface area contributed by atoms with E-state index < -0.39 is 17.0 Å². The van der Waals surface area contributed by atoms with Crippen molar-refractivity contribution in [2.75, 3.05) is 24.5 Å². The predicted octanol–water partition coefficient (Wildman–Crippen LogP) is 6.86. The summed E-state index contributed by atoms with van der Waals surface area (Å²) in [5.41, 5.74) is 4.96. The van der Waals surface area contributed by atoms with E-state index in [4.69, 9.17) is 5.10 Å². The molecule has 3 heterocycles. The third-order valence-electron chi connectivity index (χ3n) is 10.00. The number of benzene rings is 4. The number of amides is 2. The molecule has 44 heavy (non-hydrogen) atoms. The number of nitrogens with zero attached hydrogens (tertiary/aromatic N) is 4. The highest BCUT2D eigenvalue weighted by molar-refractivity contribution is 6.02. The second-order valence-electron chi connectivity index (χ2n) is 12.5. The van der Waals surface area contributed by atoms with Gasteiger partial charge in [-0.1, -0.05) is 91.0 Å². The molecule has 2 amide bonds. The van der Waals surface area contributed by atoms with Crippen LogP contribution in [0.2, 0.25) is 0 Å². The summed E-state index contributed by atoms with van der Waals surface area (Å²) in [4.78, 5) is 28.8. The van der Waals surface area contributed by atoms with E-state index in [1.807, 2.05) is 29.2 Å². The SMILES string of the molecule is O=C(O)N1CC[C@]2(CCN(c3ccc4c(c3)c(C3CC3)nn4C(c3ccccc3)(c3ccccc3)c3ccccc3)C2=O)C1. The van der Waals surface area contributed by atoms with Crippen LogP contribution < -0.4 is 4.90 Å². The number of fused-ring (bicyclic) bond motifs is 1. The summed E-state index contributed by atoms with van der Waals surface area (Å²) < 4.78 is 2.22. The highest BCUT2D eigenvalue weighted by atomic mass is 16.4. The van der Waals surface area contributed by atoms with E-state index in [-0.39, 0.29) is 12.5 Å². The Morgan fingerprint density at radius 1 is 0.795 bits per heavy atom. The Balaban J connectivity index is 1.32. The summed E-state index contributed by atoms with van der Waals surface area (Å²) in [5.74, 6) is 0.418. The lowest BCUT2D eigenvalue weighted by Gasteiger charge is -2.37.